The van der Waals surface area contributed by atoms with Crippen LogP contribution in [0.2, 0.25) is 0 Å². The van der Waals surface area contributed by atoms with Crippen LogP contribution in [-0.4, -0.2) is 32.7 Å². The lowest BCUT2D eigenvalue weighted by atomic mass is 10.1. The Morgan fingerprint density at radius 2 is 2.05 bits per heavy atom. The molecule has 0 radical (unpaired) electrons. The average molecular weight is 319 g/mol. The lowest BCUT2D eigenvalue weighted by Crippen LogP contribution is -2.42. The van der Waals surface area contributed by atoms with Gasteiger partial charge in [-0.1, -0.05) is 6.92 Å². The molecule has 8 heteroatoms. The van der Waals surface area contributed by atoms with E-state index in [1.807, 2.05) is 4.72 Å². The minimum absolute atomic E-state index is 0.0119. The first kappa shape index (κ1) is 16.6. The third-order valence-corrected chi connectivity index (χ3v) is 5.60. The van der Waals surface area contributed by atoms with E-state index in [0.717, 1.165) is 5.56 Å². The summed E-state index contributed by atoms with van der Waals surface area (Å²) < 4.78 is 30.5. The highest BCUT2D eigenvalue weighted by atomic mass is 32.2. The maximum atomic E-state index is 12.0. The Morgan fingerprint density at radius 3 is 2.55 bits per heavy atom. The van der Waals surface area contributed by atoms with Crippen LogP contribution in [0.3, 0.4) is 0 Å². The smallest absolute Gasteiger partial charge is 0.309 e. The van der Waals surface area contributed by atoms with E-state index < -0.39 is 33.1 Å². The highest BCUT2D eigenvalue weighted by Crippen LogP contribution is 2.13. The van der Waals surface area contributed by atoms with Crippen molar-refractivity contribution in [2.24, 2.45) is 5.92 Å². The van der Waals surface area contributed by atoms with Crippen molar-refractivity contribution in [3.63, 3.8) is 0 Å². The van der Waals surface area contributed by atoms with Gasteiger partial charge in [0.1, 0.15) is 0 Å². The van der Waals surface area contributed by atoms with Gasteiger partial charge in [-0.2, -0.15) is 11.3 Å². The molecule has 0 aliphatic rings. The van der Waals surface area contributed by atoms with E-state index in [4.69, 9.17) is 0 Å². The summed E-state index contributed by atoms with van der Waals surface area (Å²) in [6.07, 6.45) is -0.0119. The van der Waals surface area contributed by atoms with E-state index in [1.165, 1.54) is 32.3 Å². The van der Waals surface area contributed by atoms with Crippen molar-refractivity contribution in [2.75, 3.05) is 7.11 Å². The first-order valence-corrected chi connectivity index (χ1v) is 8.40. The van der Waals surface area contributed by atoms with Gasteiger partial charge in [0.2, 0.25) is 15.9 Å². The van der Waals surface area contributed by atoms with Gasteiger partial charge in [-0.05, 0) is 29.3 Å². The van der Waals surface area contributed by atoms with Gasteiger partial charge in [0.15, 0.2) is 0 Å². The number of hydrogen-bond donors (Lipinski definition) is 1. The lowest BCUT2D eigenvalue weighted by Gasteiger charge is -2.18. The van der Waals surface area contributed by atoms with Crippen LogP contribution in [0, 0.1) is 5.92 Å². The van der Waals surface area contributed by atoms with Gasteiger partial charge in [-0.15, -0.1) is 0 Å². The van der Waals surface area contributed by atoms with E-state index in [9.17, 15) is 18.0 Å². The van der Waals surface area contributed by atoms with Gasteiger partial charge in [-0.3, -0.25) is 14.3 Å². The third kappa shape index (κ3) is 4.31. The predicted molar refractivity (Wildman–Crippen MR) is 75.7 cm³/mol. The molecule has 1 rings (SSSR count). The topological polar surface area (TPSA) is 89.5 Å². The molecule has 0 bridgehead atoms. The Balaban J connectivity index is 2.69. The van der Waals surface area contributed by atoms with Gasteiger partial charge in [-0.25, -0.2) is 8.42 Å². The van der Waals surface area contributed by atoms with Crippen LogP contribution < -0.4 is 4.72 Å². The zero-order valence-electron chi connectivity index (χ0n) is 11.5. The summed E-state index contributed by atoms with van der Waals surface area (Å²) in [4.78, 5) is 23.0. The van der Waals surface area contributed by atoms with Crippen LogP contribution >= 0.6 is 11.3 Å². The Morgan fingerprint density at radius 1 is 1.40 bits per heavy atom. The second-order valence-corrected chi connectivity index (χ2v) is 7.21. The molecule has 0 saturated heterocycles. The second-order valence-electron chi connectivity index (χ2n) is 4.40. The third-order valence-electron chi connectivity index (χ3n) is 2.97. The van der Waals surface area contributed by atoms with E-state index in [1.54, 1.807) is 16.8 Å². The Kier molecular flexibility index (Phi) is 5.70. The number of rotatable bonds is 6. The van der Waals surface area contributed by atoms with Crippen molar-refractivity contribution < 1.29 is 22.7 Å². The van der Waals surface area contributed by atoms with Crippen molar-refractivity contribution >= 4 is 33.2 Å². The van der Waals surface area contributed by atoms with E-state index in [0.29, 0.717) is 0 Å². The summed E-state index contributed by atoms with van der Waals surface area (Å²) in [5.74, 6) is -2.10. The molecule has 0 aromatic carbocycles. The molecule has 1 amide bonds. The number of nitrogens with one attached hydrogen (secondary N) is 1. The normalized spacial score (nSPS) is 14.3. The first-order valence-electron chi connectivity index (χ1n) is 5.91. The molecule has 0 fully saturated rings. The quantitative estimate of drug-likeness (QED) is 0.788. The molecule has 0 spiro atoms. The molecule has 112 valence electrons. The molecule has 2 atom stereocenters. The number of esters is 1. The molecule has 0 aliphatic heterocycles. The summed E-state index contributed by atoms with van der Waals surface area (Å²) >= 11 is 1.43. The number of amides is 1. The van der Waals surface area contributed by atoms with Crippen molar-refractivity contribution in [1.82, 2.24) is 4.72 Å². The molecule has 0 aliphatic carbocycles. The summed E-state index contributed by atoms with van der Waals surface area (Å²) in [5.41, 5.74) is 0.747. The Bertz CT molecular complexity index is 565. The minimum Gasteiger partial charge on any atom is -0.469 e. The van der Waals surface area contributed by atoms with E-state index in [-0.39, 0.29) is 6.42 Å². The zero-order chi connectivity index (χ0) is 15.3. The van der Waals surface area contributed by atoms with Crippen LogP contribution in [0.15, 0.2) is 16.8 Å². The fourth-order valence-corrected chi connectivity index (χ4v) is 3.41. The van der Waals surface area contributed by atoms with Gasteiger partial charge in [0, 0.05) is 0 Å². The molecule has 1 heterocycles. The van der Waals surface area contributed by atoms with Crippen molar-refractivity contribution in [2.45, 2.75) is 25.5 Å². The molecular weight excluding hydrogens is 302 g/mol. The van der Waals surface area contributed by atoms with Crippen LogP contribution in [0.25, 0.3) is 0 Å². The summed E-state index contributed by atoms with van der Waals surface area (Å²) in [6.45, 7) is 2.81. The summed E-state index contributed by atoms with van der Waals surface area (Å²) in [6, 6.07) is 1.75. The van der Waals surface area contributed by atoms with Gasteiger partial charge < -0.3 is 4.74 Å². The van der Waals surface area contributed by atoms with E-state index >= 15 is 0 Å². The lowest BCUT2D eigenvalue weighted by molar-refractivity contribution is -0.144. The standard InChI is InChI=1S/C12H17NO5S2/c1-8(12(15)18-3)9(2)20(16,17)13-11(14)6-10-4-5-19-7-10/h4-5,7-9H,6H2,1-3H3,(H,13,14)/t8-,9+/m0/s1. The van der Waals surface area contributed by atoms with Crippen molar-refractivity contribution in [3.05, 3.63) is 22.4 Å². The number of carbonyl (C=O) groups is 2. The highest BCUT2D eigenvalue weighted by molar-refractivity contribution is 7.90. The maximum Gasteiger partial charge on any atom is 0.309 e. The average Bonchev–Trinajstić information content (AvgIpc) is 2.87. The first-order chi connectivity index (χ1) is 9.27. The molecule has 1 aromatic rings. The Labute approximate surface area is 122 Å². The molecule has 0 saturated carbocycles. The molecular formula is C12H17NO5S2. The number of methoxy groups -OCH3 is 1. The summed E-state index contributed by atoms with van der Waals surface area (Å²) in [5, 5.41) is 2.52. The van der Waals surface area contributed by atoms with E-state index in [2.05, 4.69) is 4.74 Å². The second kappa shape index (κ2) is 6.85. The number of sulfonamides is 1. The molecule has 1 N–H and O–H groups in total. The Hall–Kier alpha value is -1.41. The monoisotopic (exact) mass is 319 g/mol. The SMILES string of the molecule is COC(=O)[C@@H](C)[C@@H](C)S(=O)(=O)NC(=O)Cc1ccsc1. The number of carbonyl (C=O) groups excluding carboxylic acids is 2. The fraction of sp³-hybridized carbons (Fsp3) is 0.500. The van der Waals surface area contributed by atoms with Gasteiger partial charge >= 0.3 is 5.97 Å². The zero-order valence-corrected chi connectivity index (χ0v) is 13.1. The van der Waals surface area contributed by atoms with Crippen LogP contribution in [0.1, 0.15) is 19.4 Å². The van der Waals surface area contributed by atoms with Crippen LogP contribution in [-0.2, 0) is 30.8 Å². The molecule has 0 unspecified atom stereocenters. The fourth-order valence-electron chi connectivity index (χ4n) is 1.51. The van der Waals surface area contributed by atoms with Crippen molar-refractivity contribution in [1.29, 1.82) is 0 Å². The largest absolute Gasteiger partial charge is 0.469 e. The minimum atomic E-state index is -3.91. The van der Waals surface area contributed by atoms with Crippen LogP contribution in [0.4, 0.5) is 0 Å². The maximum absolute atomic E-state index is 12.0. The number of hydrogen-bond acceptors (Lipinski definition) is 6. The van der Waals surface area contributed by atoms with Gasteiger partial charge in [0.05, 0.1) is 24.7 Å². The number of thiophene rings is 1. The van der Waals surface area contributed by atoms with Gasteiger partial charge in [0.25, 0.3) is 0 Å². The number of ether oxygens (including phenoxy) is 1. The highest BCUT2D eigenvalue weighted by Gasteiger charge is 2.32. The molecule has 6 nitrogen and oxygen atoms in total. The van der Waals surface area contributed by atoms with Crippen LogP contribution in [0.5, 0.6) is 0 Å². The summed E-state index contributed by atoms with van der Waals surface area (Å²) in [7, 11) is -2.73. The van der Waals surface area contributed by atoms with Crippen molar-refractivity contribution in [3.8, 4) is 0 Å². The molecule has 20 heavy (non-hydrogen) atoms. The molecule has 1 aromatic heterocycles. The predicted octanol–water partition coefficient (Wildman–Crippen LogP) is 0.934.